The van der Waals surface area contributed by atoms with Crippen LogP contribution in [0.25, 0.3) is 11.2 Å². The predicted octanol–water partition coefficient (Wildman–Crippen LogP) is 0.962. The first-order chi connectivity index (χ1) is 9.19. The van der Waals surface area contributed by atoms with E-state index in [-0.39, 0.29) is 18.8 Å². The summed E-state index contributed by atoms with van der Waals surface area (Å²) in [5.74, 6) is 0.590. The van der Waals surface area contributed by atoms with Crippen LogP contribution in [0.3, 0.4) is 0 Å². The number of nitrogen functional groups attached to an aromatic ring is 1. The molecular formula is C12H19N5O2. The molecule has 0 saturated carbocycles. The van der Waals surface area contributed by atoms with E-state index < -0.39 is 0 Å². The van der Waals surface area contributed by atoms with E-state index in [0.717, 1.165) is 12.8 Å². The SMILES string of the molecule is COC(C(C)CCCO)n1cnc2c(N)ncnc21. The highest BCUT2D eigenvalue weighted by molar-refractivity contribution is 5.81. The van der Waals surface area contributed by atoms with Crippen LogP contribution in [0.1, 0.15) is 26.0 Å². The molecule has 0 aliphatic carbocycles. The summed E-state index contributed by atoms with van der Waals surface area (Å²) in [6.07, 6.45) is 4.49. The van der Waals surface area contributed by atoms with E-state index >= 15 is 0 Å². The van der Waals surface area contributed by atoms with Crippen LogP contribution in [-0.2, 0) is 4.74 Å². The zero-order chi connectivity index (χ0) is 13.8. The Morgan fingerprint density at radius 3 is 2.89 bits per heavy atom. The lowest BCUT2D eigenvalue weighted by atomic mass is 10.0. The third-order valence-corrected chi connectivity index (χ3v) is 3.21. The van der Waals surface area contributed by atoms with Crippen molar-refractivity contribution in [1.29, 1.82) is 0 Å². The fourth-order valence-corrected chi connectivity index (χ4v) is 2.23. The lowest BCUT2D eigenvalue weighted by Gasteiger charge is -2.23. The summed E-state index contributed by atoms with van der Waals surface area (Å²) in [6.45, 7) is 2.25. The molecule has 19 heavy (non-hydrogen) atoms. The van der Waals surface area contributed by atoms with Gasteiger partial charge in [0.1, 0.15) is 18.1 Å². The normalized spacial score (nSPS) is 14.7. The highest BCUT2D eigenvalue weighted by Gasteiger charge is 2.21. The Morgan fingerprint density at radius 1 is 1.42 bits per heavy atom. The van der Waals surface area contributed by atoms with Crippen molar-refractivity contribution in [1.82, 2.24) is 19.5 Å². The molecule has 2 unspecified atom stereocenters. The highest BCUT2D eigenvalue weighted by atomic mass is 16.5. The van der Waals surface area contributed by atoms with Crippen LogP contribution in [0.4, 0.5) is 5.82 Å². The molecule has 0 fully saturated rings. The van der Waals surface area contributed by atoms with Crippen molar-refractivity contribution in [2.75, 3.05) is 19.5 Å². The van der Waals surface area contributed by atoms with Gasteiger partial charge >= 0.3 is 0 Å². The molecule has 0 aliphatic rings. The average molecular weight is 265 g/mol. The van der Waals surface area contributed by atoms with E-state index in [9.17, 15) is 0 Å². The number of ether oxygens (including phenoxy) is 1. The van der Waals surface area contributed by atoms with E-state index in [1.807, 2.05) is 4.57 Å². The molecule has 2 rings (SSSR count). The van der Waals surface area contributed by atoms with Crippen LogP contribution in [0.5, 0.6) is 0 Å². The molecule has 104 valence electrons. The van der Waals surface area contributed by atoms with Crippen molar-refractivity contribution < 1.29 is 9.84 Å². The lowest BCUT2D eigenvalue weighted by Crippen LogP contribution is -2.19. The van der Waals surface area contributed by atoms with Gasteiger partial charge in [0.2, 0.25) is 0 Å². The van der Waals surface area contributed by atoms with Crippen molar-refractivity contribution >= 4 is 17.0 Å². The van der Waals surface area contributed by atoms with Crippen LogP contribution in [0.15, 0.2) is 12.7 Å². The van der Waals surface area contributed by atoms with E-state index in [0.29, 0.717) is 17.0 Å². The number of nitrogens with zero attached hydrogens (tertiary/aromatic N) is 4. The molecule has 2 heterocycles. The quantitative estimate of drug-likeness (QED) is 0.807. The van der Waals surface area contributed by atoms with Gasteiger partial charge in [-0.05, 0) is 12.8 Å². The predicted molar refractivity (Wildman–Crippen MR) is 71.3 cm³/mol. The van der Waals surface area contributed by atoms with Gasteiger partial charge in [-0.3, -0.25) is 4.57 Å². The number of rotatable bonds is 6. The first-order valence-electron chi connectivity index (χ1n) is 6.25. The number of fused-ring (bicyclic) bond motifs is 1. The Morgan fingerprint density at radius 2 is 2.21 bits per heavy atom. The maximum atomic E-state index is 8.91. The maximum absolute atomic E-state index is 8.91. The summed E-state index contributed by atoms with van der Waals surface area (Å²) in [5, 5.41) is 8.91. The molecule has 2 atom stereocenters. The maximum Gasteiger partial charge on any atom is 0.167 e. The average Bonchev–Trinajstić information content (AvgIpc) is 2.83. The van der Waals surface area contributed by atoms with E-state index in [1.54, 1.807) is 13.4 Å². The van der Waals surface area contributed by atoms with Crippen molar-refractivity contribution in [3.05, 3.63) is 12.7 Å². The topological polar surface area (TPSA) is 99.1 Å². The van der Waals surface area contributed by atoms with Gasteiger partial charge in [0.25, 0.3) is 0 Å². The Kier molecular flexibility index (Phi) is 4.28. The smallest absolute Gasteiger partial charge is 0.167 e. The Balaban J connectivity index is 2.33. The molecule has 2 aromatic rings. The zero-order valence-corrected chi connectivity index (χ0v) is 11.2. The third-order valence-electron chi connectivity index (χ3n) is 3.21. The second-order valence-electron chi connectivity index (χ2n) is 4.55. The van der Waals surface area contributed by atoms with Gasteiger partial charge in [-0.25, -0.2) is 15.0 Å². The van der Waals surface area contributed by atoms with E-state index in [2.05, 4.69) is 21.9 Å². The second-order valence-corrected chi connectivity index (χ2v) is 4.55. The van der Waals surface area contributed by atoms with Crippen LogP contribution in [0.2, 0.25) is 0 Å². The molecule has 0 aliphatic heterocycles. The number of aromatic nitrogens is 4. The van der Waals surface area contributed by atoms with Gasteiger partial charge in [-0.15, -0.1) is 0 Å². The minimum absolute atomic E-state index is 0.181. The molecule has 7 nitrogen and oxygen atoms in total. The summed E-state index contributed by atoms with van der Waals surface area (Å²) >= 11 is 0. The summed E-state index contributed by atoms with van der Waals surface area (Å²) in [4.78, 5) is 12.4. The van der Waals surface area contributed by atoms with Crippen LogP contribution < -0.4 is 5.73 Å². The summed E-state index contributed by atoms with van der Waals surface area (Å²) in [5.41, 5.74) is 7.01. The molecule has 7 heteroatoms. The fourth-order valence-electron chi connectivity index (χ4n) is 2.23. The first kappa shape index (κ1) is 13.7. The van der Waals surface area contributed by atoms with Crippen LogP contribution >= 0.6 is 0 Å². The second kappa shape index (κ2) is 5.94. The monoisotopic (exact) mass is 265 g/mol. The molecule has 0 saturated heterocycles. The zero-order valence-electron chi connectivity index (χ0n) is 11.2. The van der Waals surface area contributed by atoms with Crippen LogP contribution in [0, 0.1) is 5.92 Å². The van der Waals surface area contributed by atoms with Crippen molar-refractivity contribution in [3.8, 4) is 0 Å². The number of hydrogen-bond donors (Lipinski definition) is 2. The van der Waals surface area contributed by atoms with Crippen molar-refractivity contribution in [2.45, 2.75) is 26.0 Å². The largest absolute Gasteiger partial charge is 0.396 e. The minimum Gasteiger partial charge on any atom is -0.396 e. The lowest BCUT2D eigenvalue weighted by molar-refractivity contribution is -0.00159. The van der Waals surface area contributed by atoms with Gasteiger partial charge in [-0.2, -0.15) is 0 Å². The molecule has 3 N–H and O–H groups in total. The Hall–Kier alpha value is -1.73. The molecule has 0 bridgehead atoms. The number of anilines is 1. The number of aliphatic hydroxyl groups is 1. The Labute approximate surface area is 111 Å². The number of aliphatic hydroxyl groups excluding tert-OH is 1. The Bertz CT molecular complexity index is 542. The molecule has 0 radical (unpaired) electrons. The van der Waals surface area contributed by atoms with E-state index in [4.69, 9.17) is 15.6 Å². The van der Waals surface area contributed by atoms with Crippen molar-refractivity contribution in [2.24, 2.45) is 5.92 Å². The van der Waals surface area contributed by atoms with E-state index in [1.165, 1.54) is 6.33 Å². The molecular weight excluding hydrogens is 246 g/mol. The fraction of sp³-hybridized carbons (Fsp3) is 0.583. The number of nitrogens with two attached hydrogens (primary N) is 1. The number of hydrogen-bond acceptors (Lipinski definition) is 6. The minimum atomic E-state index is -0.189. The van der Waals surface area contributed by atoms with Gasteiger partial charge in [-0.1, -0.05) is 6.92 Å². The first-order valence-corrected chi connectivity index (χ1v) is 6.25. The van der Waals surface area contributed by atoms with Gasteiger partial charge in [0.15, 0.2) is 11.5 Å². The summed E-state index contributed by atoms with van der Waals surface area (Å²) in [6, 6.07) is 0. The van der Waals surface area contributed by atoms with Gasteiger partial charge in [0, 0.05) is 19.6 Å². The highest BCUT2D eigenvalue weighted by Crippen LogP contribution is 2.27. The molecule has 2 aromatic heterocycles. The van der Waals surface area contributed by atoms with Gasteiger partial charge < -0.3 is 15.6 Å². The number of imidazole rings is 1. The standard InChI is InChI=1S/C12H19N5O2/c1-8(4-3-5-18)12(19-2)17-7-16-9-10(13)14-6-15-11(9)17/h6-8,12,18H,3-5H2,1-2H3,(H2,13,14,15). The number of methoxy groups -OCH3 is 1. The molecule has 0 amide bonds. The summed E-state index contributed by atoms with van der Waals surface area (Å²) < 4.78 is 7.40. The summed E-state index contributed by atoms with van der Waals surface area (Å²) in [7, 11) is 1.65. The molecule has 0 aromatic carbocycles. The van der Waals surface area contributed by atoms with Gasteiger partial charge in [0.05, 0.1) is 6.33 Å². The van der Waals surface area contributed by atoms with Crippen molar-refractivity contribution in [3.63, 3.8) is 0 Å². The third kappa shape index (κ3) is 2.66. The molecule has 0 spiro atoms. The van der Waals surface area contributed by atoms with Crippen LogP contribution in [-0.4, -0.2) is 38.3 Å².